The average molecular weight is 477 g/mol. The third-order valence-corrected chi connectivity index (χ3v) is 7.86. The molecule has 6 nitrogen and oxygen atoms in total. The number of aryl methyl sites for hydroxylation is 1. The summed E-state index contributed by atoms with van der Waals surface area (Å²) in [5, 5.41) is 14.2. The van der Waals surface area contributed by atoms with E-state index in [1.807, 2.05) is 25.2 Å². The zero-order valence-electron chi connectivity index (χ0n) is 21.0. The van der Waals surface area contributed by atoms with Gasteiger partial charge in [0.1, 0.15) is 0 Å². The number of hydrogen-bond acceptors (Lipinski definition) is 4. The summed E-state index contributed by atoms with van der Waals surface area (Å²) in [5.74, 6) is 1.40. The van der Waals surface area contributed by atoms with Crippen LogP contribution < -0.4 is 14.8 Å². The van der Waals surface area contributed by atoms with Crippen molar-refractivity contribution in [2.24, 2.45) is 5.92 Å². The number of ether oxygens (including phenoxy) is 2. The molecule has 3 aromatic rings. The number of carboxylic acids is 1. The highest BCUT2D eigenvalue weighted by atomic mass is 16.5. The molecule has 1 aliphatic heterocycles. The van der Waals surface area contributed by atoms with Crippen LogP contribution >= 0.6 is 0 Å². The first-order chi connectivity index (χ1) is 17.0. The lowest BCUT2D eigenvalue weighted by Crippen LogP contribution is -2.25. The maximum absolute atomic E-state index is 11.9. The molecular weight excluding hydrogens is 440 g/mol. The molecule has 0 amide bonds. The van der Waals surface area contributed by atoms with Gasteiger partial charge in [-0.3, -0.25) is 0 Å². The van der Waals surface area contributed by atoms with Gasteiger partial charge in [-0.25, -0.2) is 4.79 Å². The van der Waals surface area contributed by atoms with Crippen molar-refractivity contribution in [3.63, 3.8) is 0 Å². The van der Waals surface area contributed by atoms with Crippen LogP contribution in [0, 0.1) is 12.8 Å². The number of benzene rings is 2. The molecule has 0 saturated heterocycles. The smallest absolute Gasteiger partial charge is 0.335 e. The molecule has 0 radical (unpaired) electrons. The summed E-state index contributed by atoms with van der Waals surface area (Å²) >= 11 is 0. The SMILES string of the molecule is CNCC[C@H]1COc2c(OC)ccc(C)c2-c2c(C3CCCCC3)c3ccc(C(=O)O)cc3n2C1. The van der Waals surface area contributed by atoms with Crippen molar-refractivity contribution >= 4 is 16.9 Å². The molecule has 2 N–H and O–H groups in total. The Labute approximate surface area is 207 Å². The summed E-state index contributed by atoms with van der Waals surface area (Å²) in [7, 11) is 3.67. The number of nitrogens with zero attached hydrogens (tertiary/aromatic N) is 1. The Kier molecular flexibility index (Phi) is 6.74. The number of carbonyl (C=O) groups is 1. The molecule has 186 valence electrons. The largest absolute Gasteiger partial charge is 0.493 e. The second-order valence-corrected chi connectivity index (χ2v) is 10.1. The summed E-state index contributed by atoms with van der Waals surface area (Å²) in [6, 6.07) is 9.78. The predicted octanol–water partition coefficient (Wildman–Crippen LogP) is 5.99. The Morgan fingerprint density at radius 2 is 2.00 bits per heavy atom. The molecule has 1 saturated carbocycles. The molecule has 5 rings (SSSR count). The highest BCUT2D eigenvalue weighted by Crippen LogP contribution is 2.50. The first kappa shape index (κ1) is 23.7. The standard InChI is InChI=1S/C29H36N2O4/c1-18-9-12-24(34-3)28-25(18)27-26(20-7-5-4-6-8-20)22-11-10-21(29(32)33)15-23(22)31(27)16-19(17-35-28)13-14-30-2/h9-12,15,19-20,30H,4-8,13-14,16-17H2,1-3H3,(H,32,33)/t19-/m1/s1. The van der Waals surface area contributed by atoms with Crippen LogP contribution in [-0.2, 0) is 6.54 Å². The van der Waals surface area contributed by atoms with E-state index in [1.165, 1.54) is 35.9 Å². The van der Waals surface area contributed by atoms with Crippen LogP contribution in [0.25, 0.3) is 22.2 Å². The fourth-order valence-electron chi connectivity index (χ4n) is 6.07. The van der Waals surface area contributed by atoms with Gasteiger partial charge >= 0.3 is 5.97 Å². The van der Waals surface area contributed by atoms with Crippen LogP contribution in [0.2, 0.25) is 0 Å². The number of fused-ring (bicyclic) bond motifs is 5. The zero-order chi connectivity index (χ0) is 24.5. The first-order valence-electron chi connectivity index (χ1n) is 12.9. The van der Waals surface area contributed by atoms with Crippen molar-refractivity contribution in [2.45, 2.75) is 57.9 Å². The van der Waals surface area contributed by atoms with Crippen molar-refractivity contribution in [3.8, 4) is 22.8 Å². The van der Waals surface area contributed by atoms with Gasteiger partial charge in [-0.2, -0.15) is 0 Å². The number of methoxy groups -OCH3 is 1. The Morgan fingerprint density at radius 1 is 1.20 bits per heavy atom. The molecule has 2 heterocycles. The molecule has 2 aromatic carbocycles. The fourth-order valence-corrected chi connectivity index (χ4v) is 6.07. The average Bonchev–Trinajstić information content (AvgIpc) is 3.17. The maximum Gasteiger partial charge on any atom is 0.335 e. The monoisotopic (exact) mass is 476 g/mol. The molecule has 0 spiro atoms. The van der Waals surface area contributed by atoms with Gasteiger partial charge in [0.25, 0.3) is 0 Å². The Balaban J connectivity index is 1.85. The van der Waals surface area contributed by atoms with Gasteiger partial charge in [-0.15, -0.1) is 0 Å². The third-order valence-electron chi connectivity index (χ3n) is 7.86. The van der Waals surface area contributed by atoms with Crippen molar-refractivity contribution < 1.29 is 19.4 Å². The topological polar surface area (TPSA) is 72.7 Å². The number of aromatic carboxylic acids is 1. The molecule has 1 aliphatic carbocycles. The van der Waals surface area contributed by atoms with E-state index >= 15 is 0 Å². The van der Waals surface area contributed by atoms with Crippen LogP contribution in [0.4, 0.5) is 0 Å². The normalized spacial score (nSPS) is 18.3. The molecule has 0 bridgehead atoms. The quantitative estimate of drug-likeness (QED) is 0.457. The Bertz CT molecular complexity index is 1240. The minimum Gasteiger partial charge on any atom is -0.493 e. The molecule has 1 atom stereocenters. The Morgan fingerprint density at radius 3 is 2.71 bits per heavy atom. The molecule has 0 unspecified atom stereocenters. The van der Waals surface area contributed by atoms with E-state index in [9.17, 15) is 9.90 Å². The maximum atomic E-state index is 11.9. The molecule has 6 heteroatoms. The van der Waals surface area contributed by atoms with Gasteiger partial charge in [-0.05, 0) is 75.0 Å². The van der Waals surface area contributed by atoms with Gasteiger partial charge in [0.15, 0.2) is 11.5 Å². The van der Waals surface area contributed by atoms with Gasteiger partial charge < -0.3 is 24.5 Å². The summed E-state index contributed by atoms with van der Waals surface area (Å²) < 4.78 is 14.7. The van der Waals surface area contributed by atoms with Crippen LogP contribution in [0.1, 0.15) is 65.9 Å². The number of nitrogens with one attached hydrogen (secondary N) is 1. The molecular formula is C29H36N2O4. The van der Waals surface area contributed by atoms with Crippen LogP contribution in [0.5, 0.6) is 11.5 Å². The molecule has 35 heavy (non-hydrogen) atoms. The van der Waals surface area contributed by atoms with E-state index in [-0.39, 0.29) is 5.92 Å². The molecule has 2 aliphatic rings. The van der Waals surface area contributed by atoms with Crippen molar-refractivity contribution in [1.82, 2.24) is 9.88 Å². The number of rotatable bonds is 6. The van der Waals surface area contributed by atoms with Gasteiger partial charge in [0.05, 0.1) is 25.0 Å². The van der Waals surface area contributed by atoms with Crippen LogP contribution in [0.3, 0.4) is 0 Å². The first-order valence-corrected chi connectivity index (χ1v) is 12.9. The van der Waals surface area contributed by atoms with Crippen molar-refractivity contribution in [2.75, 3.05) is 27.3 Å². The number of aromatic nitrogens is 1. The van der Waals surface area contributed by atoms with Gasteiger partial charge in [0.2, 0.25) is 0 Å². The predicted molar refractivity (Wildman–Crippen MR) is 139 cm³/mol. The lowest BCUT2D eigenvalue weighted by atomic mass is 9.81. The number of carboxylic acid groups (broad SMARTS) is 1. The second kappa shape index (κ2) is 9.94. The van der Waals surface area contributed by atoms with E-state index in [0.717, 1.165) is 60.5 Å². The fraction of sp³-hybridized carbons (Fsp3) is 0.483. The summed E-state index contributed by atoms with van der Waals surface area (Å²) in [4.78, 5) is 11.9. The molecule has 1 aromatic heterocycles. The van der Waals surface area contributed by atoms with Gasteiger partial charge in [0, 0.05) is 28.9 Å². The van der Waals surface area contributed by atoms with Crippen LogP contribution in [0.15, 0.2) is 30.3 Å². The Hall–Kier alpha value is -2.99. The van der Waals surface area contributed by atoms with Gasteiger partial charge in [-0.1, -0.05) is 31.4 Å². The van der Waals surface area contributed by atoms with E-state index in [4.69, 9.17) is 9.47 Å². The second-order valence-electron chi connectivity index (χ2n) is 10.1. The minimum atomic E-state index is -0.888. The minimum absolute atomic E-state index is 0.280. The van der Waals surface area contributed by atoms with E-state index in [0.29, 0.717) is 18.1 Å². The summed E-state index contributed by atoms with van der Waals surface area (Å²) in [6.45, 7) is 4.41. The van der Waals surface area contributed by atoms with Crippen LogP contribution in [-0.4, -0.2) is 43.0 Å². The zero-order valence-corrected chi connectivity index (χ0v) is 21.0. The van der Waals surface area contributed by atoms with Crippen molar-refractivity contribution in [1.29, 1.82) is 0 Å². The van der Waals surface area contributed by atoms with Crippen molar-refractivity contribution in [3.05, 3.63) is 47.0 Å². The highest BCUT2D eigenvalue weighted by Gasteiger charge is 2.32. The van der Waals surface area contributed by atoms with E-state index in [1.54, 1.807) is 13.2 Å². The lowest BCUT2D eigenvalue weighted by molar-refractivity contribution is 0.0697. The molecule has 1 fully saturated rings. The highest BCUT2D eigenvalue weighted by molar-refractivity contribution is 5.99. The van der Waals surface area contributed by atoms with E-state index < -0.39 is 5.97 Å². The van der Waals surface area contributed by atoms with E-state index in [2.05, 4.69) is 22.9 Å². The summed E-state index contributed by atoms with van der Waals surface area (Å²) in [5.41, 5.74) is 6.13. The number of hydrogen-bond donors (Lipinski definition) is 2. The third kappa shape index (κ3) is 4.29. The summed E-state index contributed by atoms with van der Waals surface area (Å²) in [6.07, 6.45) is 7.04. The lowest BCUT2D eigenvalue weighted by Gasteiger charge is -2.29.